The van der Waals surface area contributed by atoms with Crippen LogP contribution in [0.2, 0.25) is 0 Å². The molecule has 0 radical (unpaired) electrons. The number of β-amino-alcohol motifs (C(OH)–C–C–N with tert-alkyl or cyclic N) is 1. The number of aliphatic hydroxyl groups excluding tert-OH is 1. The van der Waals surface area contributed by atoms with E-state index in [9.17, 15) is 36.8 Å². The SMILES string of the molecule is Cc1nc(F)ccc1Oc1ncc(C(F)(F)F)c(C)c1C(=O)Nc1cccc([S+]([O-])N(C)C(=O)[C@@H]2C[C@H](O)CN2)c1. The van der Waals surface area contributed by atoms with Crippen LogP contribution >= 0.6 is 0 Å². The number of carbonyl (C=O) groups is 2. The summed E-state index contributed by atoms with van der Waals surface area (Å²) in [5.41, 5.74) is -2.02. The fraction of sp³-hybridized carbons (Fsp3) is 0.308. The molecule has 1 fully saturated rings. The second-order valence-corrected chi connectivity index (χ2v) is 10.7. The molecule has 3 N–H and O–H groups in total. The summed E-state index contributed by atoms with van der Waals surface area (Å²) in [5, 5.41) is 15.0. The van der Waals surface area contributed by atoms with E-state index in [0.29, 0.717) is 6.20 Å². The molecule has 1 unspecified atom stereocenters. The van der Waals surface area contributed by atoms with Crippen LogP contribution in [-0.2, 0) is 22.3 Å². The van der Waals surface area contributed by atoms with Gasteiger partial charge < -0.3 is 25.0 Å². The van der Waals surface area contributed by atoms with E-state index in [0.717, 1.165) is 17.3 Å². The molecule has 3 atom stereocenters. The fourth-order valence-electron chi connectivity index (χ4n) is 4.18. The zero-order chi connectivity index (χ0) is 30.1. The Labute approximate surface area is 235 Å². The fourth-order valence-corrected chi connectivity index (χ4v) is 5.21. The summed E-state index contributed by atoms with van der Waals surface area (Å²) in [6.45, 7) is 2.72. The predicted octanol–water partition coefficient (Wildman–Crippen LogP) is 3.50. The highest BCUT2D eigenvalue weighted by Crippen LogP contribution is 2.37. The molecule has 2 aromatic heterocycles. The van der Waals surface area contributed by atoms with Gasteiger partial charge in [-0.05, 0) is 50.1 Å². The number of benzene rings is 1. The molecular formula is C26H25F4N5O5S. The minimum atomic E-state index is -4.82. The number of amides is 2. The van der Waals surface area contributed by atoms with Crippen molar-refractivity contribution in [2.75, 3.05) is 18.9 Å². The number of hydrogen-bond acceptors (Lipinski definition) is 8. The van der Waals surface area contributed by atoms with Gasteiger partial charge in [-0.1, -0.05) is 6.07 Å². The molecule has 2 amide bonds. The number of aryl methyl sites for hydroxylation is 1. The lowest BCUT2D eigenvalue weighted by molar-refractivity contribution is -0.138. The maximum absolute atomic E-state index is 13.7. The number of rotatable bonds is 7. The molecular weight excluding hydrogens is 570 g/mol. The first-order valence-corrected chi connectivity index (χ1v) is 13.3. The maximum Gasteiger partial charge on any atom is 0.418 e. The Hall–Kier alpha value is -3.79. The van der Waals surface area contributed by atoms with Crippen LogP contribution in [0.5, 0.6) is 11.6 Å². The van der Waals surface area contributed by atoms with E-state index in [-0.39, 0.29) is 35.0 Å². The number of pyridine rings is 2. The van der Waals surface area contributed by atoms with E-state index in [2.05, 4.69) is 20.6 Å². The van der Waals surface area contributed by atoms with Crippen molar-refractivity contribution in [1.82, 2.24) is 19.6 Å². The van der Waals surface area contributed by atoms with Gasteiger partial charge in [0.15, 0.2) is 10.6 Å². The second-order valence-electron chi connectivity index (χ2n) is 9.21. The van der Waals surface area contributed by atoms with Crippen LogP contribution in [0, 0.1) is 19.8 Å². The highest BCUT2D eigenvalue weighted by molar-refractivity contribution is 7.89. The molecule has 0 spiro atoms. The van der Waals surface area contributed by atoms with E-state index >= 15 is 0 Å². The van der Waals surface area contributed by atoms with Gasteiger partial charge in [0.25, 0.3) is 11.8 Å². The number of aliphatic hydroxyl groups is 1. The molecule has 1 aliphatic heterocycles. The molecule has 1 saturated heterocycles. The van der Waals surface area contributed by atoms with E-state index in [1.807, 2.05) is 0 Å². The number of likely N-dealkylation sites (N-methyl/N-ethyl adjacent to an activating group) is 1. The molecule has 218 valence electrons. The van der Waals surface area contributed by atoms with Crippen LogP contribution in [-0.4, -0.2) is 61.5 Å². The summed E-state index contributed by atoms with van der Waals surface area (Å²) < 4.78 is 74.1. The summed E-state index contributed by atoms with van der Waals surface area (Å²) in [4.78, 5) is 33.5. The summed E-state index contributed by atoms with van der Waals surface area (Å²) in [7, 11) is 1.32. The molecule has 41 heavy (non-hydrogen) atoms. The van der Waals surface area contributed by atoms with Gasteiger partial charge in [-0.25, -0.2) is 9.97 Å². The van der Waals surface area contributed by atoms with Crippen molar-refractivity contribution in [2.24, 2.45) is 0 Å². The first kappa shape index (κ1) is 30.2. The molecule has 3 aromatic rings. The number of anilines is 1. The van der Waals surface area contributed by atoms with Gasteiger partial charge in [-0.15, -0.1) is 0 Å². The molecule has 1 aliphatic rings. The van der Waals surface area contributed by atoms with Crippen molar-refractivity contribution in [3.05, 3.63) is 70.9 Å². The van der Waals surface area contributed by atoms with E-state index in [1.165, 1.54) is 44.3 Å². The Kier molecular flexibility index (Phi) is 8.82. The quantitative estimate of drug-likeness (QED) is 0.214. The number of nitrogens with one attached hydrogen (secondary N) is 2. The lowest BCUT2D eigenvalue weighted by Crippen LogP contribution is -2.44. The zero-order valence-electron chi connectivity index (χ0n) is 22.0. The average molecular weight is 596 g/mol. The van der Waals surface area contributed by atoms with Crippen LogP contribution in [0.4, 0.5) is 23.2 Å². The van der Waals surface area contributed by atoms with Crippen molar-refractivity contribution >= 4 is 28.9 Å². The van der Waals surface area contributed by atoms with Gasteiger partial charge in [0.2, 0.25) is 11.8 Å². The van der Waals surface area contributed by atoms with Crippen molar-refractivity contribution in [2.45, 2.75) is 43.5 Å². The largest absolute Gasteiger partial charge is 0.588 e. The molecule has 15 heteroatoms. The van der Waals surface area contributed by atoms with Gasteiger partial charge in [-0.3, -0.25) is 9.59 Å². The first-order chi connectivity index (χ1) is 19.3. The highest BCUT2D eigenvalue weighted by atomic mass is 32.2. The van der Waals surface area contributed by atoms with Crippen molar-refractivity contribution in [3.63, 3.8) is 0 Å². The molecule has 3 heterocycles. The third kappa shape index (κ3) is 6.75. The van der Waals surface area contributed by atoms with Crippen molar-refractivity contribution in [1.29, 1.82) is 0 Å². The lowest BCUT2D eigenvalue weighted by atomic mass is 10.0. The van der Waals surface area contributed by atoms with Crippen LogP contribution < -0.4 is 15.4 Å². The van der Waals surface area contributed by atoms with Gasteiger partial charge in [0, 0.05) is 24.5 Å². The predicted molar refractivity (Wildman–Crippen MR) is 139 cm³/mol. The standard InChI is InChI=1S/C26H25F4N5O5S/c1-13-18(26(28,29)30)12-32-24(40-20-7-8-21(27)33-14(20)2)22(13)23(37)34-15-5-4-6-17(9-15)41(39)35(3)25(38)19-10-16(36)11-31-19/h4-9,12,16,19,31,36H,10-11H2,1-3H3,(H,34,37)/t16-,19-,41?/m0/s1. The Balaban J connectivity index is 1.62. The van der Waals surface area contributed by atoms with E-state index in [1.54, 1.807) is 0 Å². The maximum atomic E-state index is 13.7. The van der Waals surface area contributed by atoms with Gasteiger partial charge >= 0.3 is 6.18 Å². The number of aromatic nitrogens is 2. The molecule has 0 saturated carbocycles. The minimum absolute atomic E-state index is 0.0264. The van der Waals surface area contributed by atoms with Crippen LogP contribution in [0.25, 0.3) is 0 Å². The number of nitrogens with zero attached hydrogens (tertiary/aromatic N) is 3. The Bertz CT molecular complexity index is 1470. The number of carbonyl (C=O) groups excluding carboxylic acids is 2. The van der Waals surface area contributed by atoms with Gasteiger partial charge in [-0.2, -0.15) is 21.9 Å². The number of ether oxygens (including phenoxy) is 1. The summed E-state index contributed by atoms with van der Waals surface area (Å²) >= 11 is -2.00. The van der Waals surface area contributed by atoms with E-state index in [4.69, 9.17) is 4.74 Å². The topological polar surface area (TPSA) is 140 Å². The summed E-state index contributed by atoms with van der Waals surface area (Å²) in [6, 6.07) is 7.09. The summed E-state index contributed by atoms with van der Waals surface area (Å²) in [6.07, 6.45) is -4.83. The first-order valence-electron chi connectivity index (χ1n) is 12.2. The highest BCUT2D eigenvalue weighted by Gasteiger charge is 2.37. The number of alkyl halides is 3. The normalized spacial score (nSPS) is 17.7. The molecule has 4 rings (SSSR count). The molecule has 1 aromatic carbocycles. The number of hydrogen-bond donors (Lipinski definition) is 3. The Morgan fingerprint density at radius 3 is 2.61 bits per heavy atom. The monoisotopic (exact) mass is 595 g/mol. The third-order valence-corrected chi connectivity index (χ3v) is 7.64. The minimum Gasteiger partial charge on any atom is -0.588 e. The van der Waals surface area contributed by atoms with Crippen molar-refractivity contribution in [3.8, 4) is 11.6 Å². The summed E-state index contributed by atoms with van der Waals surface area (Å²) in [5.74, 6) is -2.82. The number of halogens is 4. The van der Waals surface area contributed by atoms with Gasteiger partial charge in [0.05, 0.1) is 30.5 Å². The average Bonchev–Trinajstić information content (AvgIpc) is 3.34. The van der Waals surface area contributed by atoms with Gasteiger partial charge in [0.1, 0.15) is 16.9 Å². The molecule has 0 aliphatic carbocycles. The van der Waals surface area contributed by atoms with Crippen molar-refractivity contribution < 1.29 is 41.5 Å². The zero-order valence-corrected chi connectivity index (χ0v) is 22.8. The Morgan fingerprint density at radius 1 is 1.24 bits per heavy atom. The van der Waals surface area contributed by atoms with Crippen LogP contribution in [0.15, 0.2) is 47.5 Å². The molecule has 0 bridgehead atoms. The van der Waals surface area contributed by atoms with Crippen LogP contribution in [0.3, 0.4) is 0 Å². The Morgan fingerprint density at radius 2 is 1.98 bits per heavy atom. The lowest BCUT2D eigenvalue weighted by Gasteiger charge is -2.23. The third-order valence-electron chi connectivity index (χ3n) is 6.30. The second kappa shape index (κ2) is 12.0. The van der Waals surface area contributed by atoms with E-state index < -0.39 is 70.0 Å². The van der Waals surface area contributed by atoms with Crippen LogP contribution in [0.1, 0.15) is 33.6 Å². The molecule has 10 nitrogen and oxygen atoms in total. The smallest absolute Gasteiger partial charge is 0.418 e.